The Kier molecular flexibility index (Phi) is 27.0. The van der Waals surface area contributed by atoms with Crippen LogP contribution in [0.25, 0.3) is 0 Å². The average Bonchev–Trinajstić information content (AvgIpc) is 3.82. The molecule has 1 aromatic carbocycles. The number of aliphatic imine (C=N–C) groups is 1. The number of amides is 4. The van der Waals surface area contributed by atoms with Gasteiger partial charge < -0.3 is 49.0 Å². The molecule has 17 heteroatoms. The number of likely N-dealkylation sites (tertiary alicyclic amines) is 1. The van der Waals surface area contributed by atoms with Crippen molar-refractivity contribution in [1.82, 2.24) is 25.3 Å². The standard InChI is InChI=1S/C51H87N7O10/c1-12-37(6)47(57(9)51(62)45(35(2)3)55-50(61)46(36(4)5)56(8)25-26-65-27-28-66-29-30-67-31-32-68-52)43(63-10)34-44(59)58-24-18-22-42(58)48(64-11)38(7)49(60)54-41(40-21-16-17-23-53-40)33-39-19-14-13-15-20-39/h13-15,17,19-20,23,35-38,41-43,45-48H,12,16,18,21-22,24-34,52H2,1-11H3,(H,54,60)(H,55,61)/t37-,38+,41-,42-,43+,45-,46-,47-,48+/m0/s1. The van der Waals surface area contributed by atoms with E-state index in [9.17, 15) is 19.2 Å². The minimum atomic E-state index is -0.825. The van der Waals surface area contributed by atoms with Gasteiger partial charge in [0.2, 0.25) is 23.6 Å². The Labute approximate surface area is 407 Å². The molecule has 2 aliphatic heterocycles. The lowest BCUT2D eigenvalue weighted by Gasteiger charge is -2.41. The van der Waals surface area contributed by atoms with Crippen molar-refractivity contribution in [2.75, 3.05) is 87.7 Å². The highest BCUT2D eigenvalue weighted by atomic mass is 16.6. The minimum Gasteiger partial charge on any atom is -0.379 e. The van der Waals surface area contributed by atoms with Gasteiger partial charge in [-0.05, 0) is 62.5 Å². The van der Waals surface area contributed by atoms with Crippen molar-refractivity contribution < 1.29 is 47.7 Å². The number of hydrogen-bond donors (Lipinski definition) is 3. The molecule has 9 atom stereocenters. The Morgan fingerprint density at radius 2 is 1.50 bits per heavy atom. The van der Waals surface area contributed by atoms with E-state index >= 15 is 0 Å². The number of rotatable bonds is 33. The van der Waals surface area contributed by atoms with E-state index in [4.69, 9.17) is 29.6 Å². The van der Waals surface area contributed by atoms with Crippen LogP contribution in [0.1, 0.15) is 92.6 Å². The number of nitrogens with one attached hydrogen (secondary N) is 2. The van der Waals surface area contributed by atoms with Crippen LogP contribution in [0.5, 0.6) is 0 Å². The molecule has 0 spiro atoms. The second-order valence-electron chi connectivity index (χ2n) is 19.0. The zero-order valence-electron chi connectivity index (χ0n) is 43.2. The van der Waals surface area contributed by atoms with Gasteiger partial charge in [-0.3, -0.25) is 29.1 Å². The Balaban J connectivity index is 1.68. The molecule has 1 saturated heterocycles. The smallest absolute Gasteiger partial charge is 0.245 e. The van der Waals surface area contributed by atoms with Gasteiger partial charge in [0.15, 0.2) is 0 Å². The van der Waals surface area contributed by atoms with Crippen molar-refractivity contribution in [3.63, 3.8) is 0 Å². The fraction of sp³-hybridized carbons (Fsp3) is 0.745. The lowest BCUT2D eigenvalue weighted by Crippen LogP contribution is -2.60. The van der Waals surface area contributed by atoms with Crippen LogP contribution < -0.4 is 16.5 Å². The zero-order chi connectivity index (χ0) is 50.2. The molecule has 3 rings (SSSR count). The molecule has 0 radical (unpaired) electrons. The summed E-state index contributed by atoms with van der Waals surface area (Å²) in [7, 11) is 6.81. The number of nitrogens with two attached hydrogens (primary N) is 1. The van der Waals surface area contributed by atoms with Crippen LogP contribution in [0, 0.1) is 23.7 Å². The molecule has 0 unspecified atom stereocenters. The summed E-state index contributed by atoms with van der Waals surface area (Å²) in [5.74, 6) is 3.32. The summed E-state index contributed by atoms with van der Waals surface area (Å²) >= 11 is 0. The number of ether oxygens (including phenoxy) is 5. The molecular formula is C51H87N7O10. The summed E-state index contributed by atoms with van der Waals surface area (Å²) in [6.07, 6.45) is 7.09. The molecule has 4 amide bonds. The summed E-state index contributed by atoms with van der Waals surface area (Å²) in [6, 6.07) is 7.64. The quantitative estimate of drug-likeness (QED) is 0.0664. The number of likely N-dealkylation sites (N-methyl/N-ethyl adjacent to an activating group) is 2. The van der Waals surface area contributed by atoms with E-state index in [-0.39, 0.29) is 59.9 Å². The molecule has 68 heavy (non-hydrogen) atoms. The van der Waals surface area contributed by atoms with Crippen molar-refractivity contribution in [3.05, 3.63) is 48.2 Å². The van der Waals surface area contributed by atoms with Gasteiger partial charge in [0.05, 0.1) is 95.0 Å². The molecule has 17 nitrogen and oxygen atoms in total. The summed E-state index contributed by atoms with van der Waals surface area (Å²) in [4.78, 5) is 71.9. The first-order valence-corrected chi connectivity index (χ1v) is 24.8. The van der Waals surface area contributed by atoms with Gasteiger partial charge in [-0.2, -0.15) is 0 Å². The first kappa shape index (κ1) is 58.5. The Morgan fingerprint density at radius 1 is 0.853 bits per heavy atom. The van der Waals surface area contributed by atoms with Gasteiger partial charge in [0, 0.05) is 46.3 Å². The molecule has 1 fully saturated rings. The molecule has 0 saturated carbocycles. The predicted molar refractivity (Wildman–Crippen MR) is 265 cm³/mol. The number of carbonyl (C=O) groups is 4. The number of benzene rings is 1. The third-order valence-electron chi connectivity index (χ3n) is 13.5. The van der Waals surface area contributed by atoms with Crippen LogP contribution in [0.4, 0.5) is 0 Å². The van der Waals surface area contributed by atoms with E-state index in [0.29, 0.717) is 72.2 Å². The highest BCUT2D eigenvalue weighted by molar-refractivity contribution is 5.95. The van der Waals surface area contributed by atoms with E-state index in [0.717, 1.165) is 37.0 Å². The Morgan fingerprint density at radius 3 is 2.06 bits per heavy atom. The van der Waals surface area contributed by atoms with Crippen LogP contribution in [-0.2, 0) is 54.1 Å². The number of hydrogen-bond acceptors (Lipinski definition) is 13. The highest BCUT2D eigenvalue weighted by Gasteiger charge is 2.43. The molecule has 0 bridgehead atoms. The molecule has 0 aliphatic carbocycles. The maximum absolute atomic E-state index is 14.6. The number of carbonyl (C=O) groups excluding carboxylic acids is 4. The maximum Gasteiger partial charge on any atom is 0.245 e. The van der Waals surface area contributed by atoms with Crippen molar-refractivity contribution >= 4 is 29.3 Å². The molecule has 2 heterocycles. The number of nitrogens with zero attached hydrogens (tertiary/aromatic N) is 4. The van der Waals surface area contributed by atoms with Crippen LogP contribution in [-0.4, -0.2) is 174 Å². The van der Waals surface area contributed by atoms with E-state index in [1.165, 1.54) is 0 Å². The predicted octanol–water partition coefficient (Wildman–Crippen LogP) is 4.42. The molecule has 386 valence electrons. The van der Waals surface area contributed by atoms with Crippen LogP contribution in [0.3, 0.4) is 0 Å². The lowest BCUT2D eigenvalue weighted by atomic mass is 9.89. The van der Waals surface area contributed by atoms with Gasteiger partial charge in [-0.15, -0.1) is 0 Å². The molecule has 0 aromatic heterocycles. The van der Waals surface area contributed by atoms with E-state index in [1.807, 2.05) is 81.9 Å². The minimum absolute atomic E-state index is 0.0235. The molecule has 2 aliphatic rings. The second-order valence-corrected chi connectivity index (χ2v) is 19.0. The monoisotopic (exact) mass is 958 g/mol. The summed E-state index contributed by atoms with van der Waals surface area (Å²) < 4.78 is 28.9. The average molecular weight is 958 g/mol. The van der Waals surface area contributed by atoms with Gasteiger partial charge in [0.25, 0.3) is 0 Å². The lowest BCUT2D eigenvalue weighted by molar-refractivity contribution is -0.148. The zero-order valence-corrected chi connectivity index (χ0v) is 43.2. The fourth-order valence-corrected chi connectivity index (χ4v) is 9.47. The van der Waals surface area contributed by atoms with Crippen LogP contribution >= 0.6 is 0 Å². The van der Waals surface area contributed by atoms with Crippen molar-refractivity contribution in [1.29, 1.82) is 0 Å². The van der Waals surface area contributed by atoms with E-state index in [2.05, 4.69) is 46.4 Å². The van der Waals surface area contributed by atoms with Gasteiger partial charge in [0.1, 0.15) is 6.04 Å². The Bertz CT molecular complexity index is 1700. The normalized spacial score (nSPS) is 18.7. The van der Waals surface area contributed by atoms with Crippen molar-refractivity contribution in [3.8, 4) is 0 Å². The molecular weight excluding hydrogens is 871 g/mol. The molecule has 1 aromatic rings. The Hall–Kier alpha value is -3.81. The topological polar surface area (TPSA) is 196 Å². The molecule has 4 N–H and O–H groups in total. The van der Waals surface area contributed by atoms with Gasteiger partial charge in [-0.1, -0.05) is 91.3 Å². The van der Waals surface area contributed by atoms with Crippen LogP contribution in [0.15, 0.2) is 47.6 Å². The number of allylic oxidation sites excluding steroid dienone is 1. The maximum atomic E-state index is 14.6. The van der Waals surface area contributed by atoms with Crippen molar-refractivity contribution in [2.24, 2.45) is 34.6 Å². The third kappa shape index (κ3) is 18.2. The van der Waals surface area contributed by atoms with Gasteiger partial charge in [-0.25, -0.2) is 5.90 Å². The van der Waals surface area contributed by atoms with E-state index in [1.54, 1.807) is 26.2 Å². The third-order valence-corrected chi connectivity index (χ3v) is 13.5. The van der Waals surface area contributed by atoms with E-state index < -0.39 is 36.3 Å². The summed E-state index contributed by atoms with van der Waals surface area (Å²) in [6.45, 7) is 17.6. The summed E-state index contributed by atoms with van der Waals surface area (Å²) in [5.41, 5.74) is 2.04. The second kappa shape index (κ2) is 31.4. The first-order valence-electron chi connectivity index (χ1n) is 24.8. The first-order chi connectivity index (χ1) is 32.6. The summed E-state index contributed by atoms with van der Waals surface area (Å²) in [5, 5.41) is 6.41. The van der Waals surface area contributed by atoms with Crippen LogP contribution in [0.2, 0.25) is 0 Å². The van der Waals surface area contributed by atoms with Gasteiger partial charge >= 0.3 is 0 Å². The van der Waals surface area contributed by atoms with Crippen molar-refractivity contribution in [2.45, 2.75) is 136 Å². The SMILES string of the molecule is CC[C@H](C)[C@@H]([C@@H](CC(=O)N1CCC[C@H]1[C@H](OC)[C@@H](C)C(=O)N[C@@H](Cc1ccccc1)C1=NC=CCC1)OC)N(C)C(=O)[C@@H](NC(=O)[C@H](C(C)C)N(C)CCOCCOCCOCCON)C(C)C. The largest absolute Gasteiger partial charge is 0.379 e. The fourth-order valence-electron chi connectivity index (χ4n) is 9.47. The highest BCUT2D eigenvalue weighted by Crippen LogP contribution is 2.30. The number of methoxy groups -OCH3 is 2.